The zero-order valence-corrected chi connectivity index (χ0v) is 20.3. The van der Waals surface area contributed by atoms with Crippen LogP contribution in [0.25, 0.3) is 0 Å². The van der Waals surface area contributed by atoms with E-state index in [4.69, 9.17) is 0 Å². The van der Waals surface area contributed by atoms with E-state index in [0.717, 1.165) is 22.3 Å². The van der Waals surface area contributed by atoms with E-state index in [9.17, 15) is 6.21 Å². The summed E-state index contributed by atoms with van der Waals surface area (Å²) in [6.07, 6.45) is 0. The van der Waals surface area contributed by atoms with Crippen LogP contribution in [0.4, 0.5) is 0 Å². The van der Waals surface area contributed by atoms with Gasteiger partial charge in [-0.25, -0.2) is 0 Å². The molecule has 0 radical (unpaired) electrons. The molecule has 0 bridgehead atoms. The fourth-order valence-corrected chi connectivity index (χ4v) is 11.3. The summed E-state index contributed by atoms with van der Waals surface area (Å²) in [6.45, 7) is 16.7. The molecule has 0 aliphatic rings. The van der Waals surface area contributed by atoms with E-state index in [1.165, 1.54) is 0 Å². The fourth-order valence-electron chi connectivity index (χ4n) is 3.69. The van der Waals surface area contributed by atoms with E-state index in [-0.39, 0.29) is 23.7 Å². The summed E-state index contributed by atoms with van der Waals surface area (Å²) in [7, 11) is 0. The summed E-state index contributed by atoms with van der Waals surface area (Å²) in [5.74, 6) is 0.670. The van der Waals surface area contributed by atoms with Crippen molar-refractivity contribution in [3.63, 3.8) is 0 Å². The Morgan fingerprint density at radius 1 is 0.519 bits per heavy atom. The van der Waals surface area contributed by atoms with Crippen LogP contribution in [0.3, 0.4) is 0 Å². The van der Waals surface area contributed by atoms with Gasteiger partial charge >= 0.3 is 169 Å². The summed E-state index contributed by atoms with van der Waals surface area (Å²) in [6, 6.07) is 12.0. The second kappa shape index (κ2) is 8.46. The van der Waals surface area contributed by atoms with E-state index in [2.05, 4.69) is 55.4 Å². The average molecular weight is 482 g/mol. The first-order valence-corrected chi connectivity index (χ1v) is 14.2. The fraction of sp³-hybridized carbons (Fsp3) is 0.500. The Morgan fingerprint density at radius 2 is 0.741 bits per heavy atom. The van der Waals surface area contributed by atoms with Crippen LogP contribution in [0.1, 0.15) is 101 Å². The molecule has 0 amide bonds. The summed E-state index contributed by atoms with van der Waals surface area (Å²) in [5, 5.41) is 0. The van der Waals surface area contributed by atoms with Gasteiger partial charge in [0.15, 0.2) is 0 Å². The molecule has 2 rings (SSSR count). The van der Waals surface area contributed by atoms with E-state index in [1.54, 1.807) is 0 Å². The van der Waals surface area contributed by atoms with E-state index in [1.807, 2.05) is 36.4 Å². The van der Waals surface area contributed by atoms with Crippen LogP contribution in [0.5, 0.6) is 0 Å². The third-order valence-electron chi connectivity index (χ3n) is 5.18. The van der Waals surface area contributed by atoms with Gasteiger partial charge in [0.25, 0.3) is 0 Å². The first-order chi connectivity index (χ1) is 12.5. The van der Waals surface area contributed by atoms with Gasteiger partial charge < -0.3 is 0 Å². The topological polar surface area (TPSA) is 34.1 Å². The molecule has 0 saturated carbocycles. The predicted molar refractivity (Wildman–Crippen MR) is 116 cm³/mol. The first kappa shape index (κ1) is 22.1. The Kier molecular flexibility index (Phi) is 6.93. The molecular weight excluding hydrogens is 448 g/mol. The van der Waals surface area contributed by atoms with Crippen molar-refractivity contribution in [1.29, 1.82) is 0 Å². The molecule has 0 fully saturated rings. The Balaban J connectivity index is 2.98. The molecule has 0 spiro atoms. The summed E-state index contributed by atoms with van der Waals surface area (Å²) >= 11 is -5.07. The van der Waals surface area contributed by atoms with Crippen LogP contribution < -0.4 is 7.22 Å². The summed E-state index contributed by atoms with van der Waals surface area (Å²) < 4.78 is 29.7. The molecule has 3 heteroatoms. The standard InChI is InChI=1S/C24H34O2Te/c1-15(2)19-11-9-12-20(16(3)4)23(19)27(25,26)24-21(17(5)6)13-10-14-22(24)18(7)8/h9-18H,1-8H3. The molecular formula is C24H34O2Te. The predicted octanol–water partition coefficient (Wildman–Crippen LogP) is 5.60. The van der Waals surface area contributed by atoms with Crippen LogP contribution in [0.15, 0.2) is 36.4 Å². The van der Waals surface area contributed by atoms with Gasteiger partial charge in [-0.15, -0.1) is 0 Å². The van der Waals surface area contributed by atoms with Gasteiger partial charge in [-0.1, -0.05) is 0 Å². The second-order valence-electron chi connectivity index (χ2n) is 8.65. The normalized spacial score (nSPS) is 12.6. The van der Waals surface area contributed by atoms with E-state index < -0.39 is 18.1 Å². The van der Waals surface area contributed by atoms with Crippen LogP contribution in [-0.4, -0.2) is 18.1 Å². The third-order valence-corrected chi connectivity index (χ3v) is 10.9. The molecule has 2 aromatic carbocycles. The Morgan fingerprint density at radius 3 is 0.926 bits per heavy atom. The van der Waals surface area contributed by atoms with Crippen molar-refractivity contribution in [2.24, 2.45) is 0 Å². The minimum absolute atomic E-state index is 0.168. The van der Waals surface area contributed by atoms with Gasteiger partial charge in [0, 0.05) is 0 Å². The van der Waals surface area contributed by atoms with Crippen molar-refractivity contribution in [1.82, 2.24) is 0 Å². The molecule has 2 aromatic rings. The monoisotopic (exact) mass is 484 g/mol. The second-order valence-corrected chi connectivity index (χ2v) is 13.9. The van der Waals surface area contributed by atoms with Gasteiger partial charge in [-0.05, 0) is 0 Å². The number of hydrogen-bond acceptors (Lipinski definition) is 2. The molecule has 0 aliphatic carbocycles. The van der Waals surface area contributed by atoms with Gasteiger partial charge in [-0.3, -0.25) is 0 Å². The third kappa shape index (κ3) is 4.30. The summed E-state index contributed by atoms with van der Waals surface area (Å²) in [5.41, 5.74) is 3.84. The first-order valence-electron chi connectivity index (χ1n) is 10.0. The van der Waals surface area contributed by atoms with Crippen molar-refractivity contribution in [2.45, 2.75) is 79.1 Å². The van der Waals surface area contributed by atoms with Gasteiger partial charge in [0.1, 0.15) is 0 Å². The van der Waals surface area contributed by atoms with Crippen molar-refractivity contribution in [3.8, 4) is 0 Å². The van der Waals surface area contributed by atoms with Gasteiger partial charge in [0.05, 0.1) is 0 Å². The Bertz CT molecular complexity index is 782. The van der Waals surface area contributed by atoms with E-state index in [0.29, 0.717) is 7.22 Å². The number of rotatable bonds is 6. The zero-order chi connectivity index (χ0) is 20.5. The molecule has 27 heavy (non-hydrogen) atoms. The number of benzene rings is 2. The Hall–Kier alpha value is -1.17. The number of hydrogen-bond donors (Lipinski definition) is 0. The molecule has 0 saturated heterocycles. The van der Waals surface area contributed by atoms with Crippen LogP contribution in [0, 0.1) is 0 Å². The van der Waals surface area contributed by atoms with Crippen LogP contribution in [-0.2, 0) is 6.21 Å². The molecule has 0 N–H and O–H groups in total. The van der Waals surface area contributed by atoms with E-state index >= 15 is 0 Å². The summed E-state index contributed by atoms with van der Waals surface area (Å²) in [4.78, 5) is 0. The average Bonchev–Trinajstić information content (AvgIpc) is 2.59. The molecule has 0 aromatic heterocycles. The van der Waals surface area contributed by atoms with Crippen LogP contribution >= 0.6 is 0 Å². The minimum atomic E-state index is -5.07. The Labute approximate surface area is 169 Å². The quantitative estimate of drug-likeness (QED) is 0.503. The van der Waals surface area contributed by atoms with Crippen molar-refractivity contribution in [3.05, 3.63) is 58.7 Å². The van der Waals surface area contributed by atoms with Gasteiger partial charge in [0.2, 0.25) is 0 Å². The van der Waals surface area contributed by atoms with Crippen molar-refractivity contribution < 1.29 is 6.21 Å². The molecule has 0 unspecified atom stereocenters. The van der Waals surface area contributed by atoms with Gasteiger partial charge in [-0.2, -0.15) is 0 Å². The molecule has 0 aliphatic heterocycles. The van der Waals surface area contributed by atoms with Crippen molar-refractivity contribution in [2.75, 3.05) is 0 Å². The molecule has 0 atom stereocenters. The zero-order valence-electron chi connectivity index (χ0n) is 18.0. The van der Waals surface area contributed by atoms with Crippen LogP contribution in [0.2, 0.25) is 0 Å². The maximum atomic E-state index is 14.2. The molecule has 2 nitrogen and oxygen atoms in total. The molecule has 0 heterocycles. The SMILES string of the molecule is CC(C)c1cccc(C(C)C)c1[Te](=O)(=O)c1c(C(C)C)cccc1C(C)C. The van der Waals surface area contributed by atoms with Crippen molar-refractivity contribution >= 4 is 25.4 Å². The maximum absolute atomic E-state index is 14.2. The molecule has 148 valence electrons.